The Morgan fingerprint density at radius 1 is 1.59 bits per heavy atom. The summed E-state index contributed by atoms with van der Waals surface area (Å²) in [5.74, 6) is 0.628. The number of halogens is 1. The summed E-state index contributed by atoms with van der Waals surface area (Å²) in [6, 6.07) is 5.81. The van der Waals surface area contributed by atoms with Crippen LogP contribution in [0.3, 0.4) is 0 Å². The summed E-state index contributed by atoms with van der Waals surface area (Å²) in [7, 11) is 3.05. The summed E-state index contributed by atoms with van der Waals surface area (Å²) in [6.07, 6.45) is 1.06. The minimum Gasteiger partial charge on any atom is -0.480 e. The Bertz CT molecular complexity index is 436. The van der Waals surface area contributed by atoms with Gasteiger partial charge < -0.3 is 4.74 Å². The number of rotatable bonds is 2. The number of hydrogen-bond acceptors (Lipinski definition) is 3. The van der Waals surface area contributed by atoms with Crippen LogP contribution in [0.1, 0.15) is 12.0 Å². The molecule has 17 heavy (non-hydrogen) atoms. The molecule has 1 aliphatic rings. The zero-order chi connectivity index (χ0) is 12.4. The minimum absolute atomic E-state index is 0.152. The number of likely N-dealkylation sites (N-methyl/N-ethyl adjacent to an activating group) is 1. The van der Waals surface area contributed by atoms with Gasteiger partial charge in [0.1, 0.15) is 5.75 Å². The molecule has 0 saturated heterocycles. The second-order valence-corrected chi connectivity index (χ2v) is 4.83. The fourth-order valence-electron chi connectivity index (χ4n) is 1.82. The summed E-state index contributed by atoms with van der Waals surface area (Å²) in [6.45, 7) is 0. The molecule has 2 rings (SSSR count). The van der Waals surface area contributed by atoms with Gasteiger partial charge in [-0.25, -0.2) is 5.06 Å². The van der Waals surface area contributed by atoms with Gasteiger partial charge in [0.2, 0.25) is 0 Å². The van der Waals surface area contributed by atoms with Gasteiger partial charge in [0.15, 0.2) is 6.10 Å². The van der Waals surface area contributed by atoms with Crippen LogP contribution in [0, 0.1) is 0 Å². The molecule has 0 fully saturated rings. The van der Waals surface area contributed by atoms with E-state index in [2.05, 4.69) is 15.9 Å². The van der Waals surface area contributed by atoms with Crippen molar-refractivity contribution in [2.75, 3.05) is 14.2 Å². The third-order valence-corrected chi connectivity index (χ3v) is 3.32. The number of hydroxylamine groups is 2. The first-order valence-corrected chi connectivity index (χ1v) is 6.18. The maximum Gasteiger partial charge on any atom is 0.286 e. The number of carbonyl (C=O) groups excluding carboxylic acids is 1. The molecule has 4 nitrogen and oxygen atoms in total. The minimum atomic E-state index is -0.450. The second-order valence-electron chi connectivity index (χ2n) is 3.92. The molecule has 0 radical (unpaired) electrons. The Kier molecular flexibility index (Phi) is 3.69. The van der Waals surface area contributed by atoms with E-state index >= 15 is 0 Å². The molecule has 0 saturated carbocycles. The number of aryl methyl sites for hydroxylation is 1. The van der Waals surface area contributed by atoms with Gasteiger partial charge in [-0.1, -0.05) is 15.9 Å². The summed E-state index contributed by atoms with van der Waals surface area (Å²) in [5.41, 5.74) is 1.13. The fraction of sp³-hybridized carbons (Fsp3) is 0.417. The van der Waals surface area contributed by atoms with Crippen molar-refractivity contribution in [1.82, 2.24) is 5.06 Å². The predicted octanol–water partition coefficient (Wildman–Crippen LogP) is 2.16. The van der Waals surface area contributed by atoms with Crippen LogP contribution >= 0.6 is 15.9 Å². The van der Waals surface area contributed by atoms with E-state index in [1.807, 2.05) is 18.2 Å². The lowest BCUT2D eigenvalue weighted by Crippen LogP contribution is -2.41. The maximum atomic E-state index is 11.9. The number of carbonyl (C=O) groups is 1. The number of benzene rings is 1. The van der Waals surface area contributed by atoms with Gasteiger partial charge in [-0.2, -0.15) is 0 Å². The van der Waals surface area contributed by atoms with Crippen LogP contribution in [0.2, 0.25) is 0 Å². The highest BCUT2D eigenvalue weighted by atomic mass is 79.9. The van der Waals surface area contributed by atoms with Gasteiger partial charge in [0.05, 0.1) is 7.11 Å². The van der Waals surface area contributed by atoms with Crippen molar-refractivity contribution >= 4 is 21.8 Å². The van der Waals surface area contributed by atoms with Crippen molar-refractivity contribution in [2.45, 2.75) is 18.9 Å². The standard InChI is InChI=1S/C12H14BrNO3/c1-14(16-2)12(15)11-5-3-8-7-9(13)4-6-10(8)17-11/h4,6-7,11H,3,5H2,1-2H3. The topological polar surface area (TPSA) is 38.8 Å². The summed E-state index contributed by atoms with van der Waals surface area (Å²) >= 11 is 3.42. The maximum absolute atomic E-state index is 11.9. The molecule has 0 bridgehead atoms. The molecule has 0 aromatic heterocycles. The van der Waals surface area contributed by atoms with Gasteiger partial charge >= 0.3 is 0 Å². The van der Waals surface area contributed by atoms with Crippen LogP contribution in [0.4, 0.5) is 0 Å². The molecule has 1 aromatic carbocycles. The first-order chi connectivity index (χ1) is 8.11. The molecule has 1 unspecified atom stereocenters. The zero-order valence-electron chi connectivity index (χ0n) is 9.77. The SMILES string of the molecule is CON(C)C(=O)C1CCc2cc(Br)ccc2O1. The molecular weight excluding hydrogens is 286 g/mol. The molecule has 1 heterocycles. The van der Waals surface area contributed by atoms with Crippen LogP contribution in [0.25, 0.3) is 0 Å². The third-order valence-electron chi connectivity index (χ3n) is 2.83. The van der Waals surface area contributed by atoms with Crippen LogP contribution < -0.4 is 4.74 Å². The lowest BCUT2D eigenvalue weighted by Gasteiger charge is -2.27. The molecule has 1 aromatic rings. The van der Waals surface area contributed by atoms with Crippen molar-refractivity contribution in [1.29, 1.82) is 0 Å². The van der Waals surface area contributed by atoms with Gasteiger partial charge in [-0.15, -0.1) is 0 Å². The summed E-state index contributed by atoms with van der Waals surface area (Å²) < 4.78 is 6.71. The van der Waals surface area contributed by atoms with Crippen molar-refractivity contribution in [3.05, 3.63) is 28.2 Å². The van der Waals surface area contributed by atoms with E-state index < -0.39 is 6.10 Å². The van der Waals surface area contributed by atoms with E-state index in [1.165, 1.54) is 12.2 Å². The van der Waals surface area contributed by atoms with Gasteiger partial charge in [-0.05, 0) is 36.6 Å². The highest BCUT2D eigenvalue weighted by molar-refractivity contribution is 9.10. The molecule has 1 aliphatic heterocycles. The lowest BCUT2D eigenvalue weighted by atomic mass is 10.0. The Morgan fingerprint density at radius 2 is 2.35 bits per heavy atom. The molecule has 1 atom stereocenters. The highest BCUT2D eigenvalue weighted by Gasteiger charge is 2.28. The first-order valence-electron chi connectivity index (χ1n) is 5.38. The lowest BCUT2D eigenvalue weighted by molar-refractivity contribution is -0.177. The first kappa shape index (κ1) is 12.4. The number of nitrogens with zero attached hydrogens (tertiary/aromatic N) is 1. The molecular formula is C12H14BrNO3. The van der Waals surface area contributed by atoms with Crippen molar-refractivity contribution in [3.63, 3.8) is 0 Å². The summed E-state index contributed by atoms with van der Waals surface area (Å²) in [5, 5.41) is 1.20. The van der Waals surface area contributed by atoms with E-state index in [0.29, 0.717) is 6.42 Å². The van der Waals surface area contributed by atoms with Gasteiger partial charge in [-0.3, -0.25) is 9.63 Å². The van der Waals surface area contributed by atoms with Gasteiger partial charge in [0, 0.05) is 11.5 Å². The molecule has 0 aliphatic carbocycles. The fourth-order valence-corrected chi connectivity index (χ4v) is 2.23. The normalized spacial score (nSPS) is 18.2. The van der Waals surface area contributed by atoms with E-state index in [-0.39, 0.29) is 5.91 Å². The van der Waals surface area contributed by atoms with E-state index in [1.54, 1.807) is 7.05 Å². The Morgan fingerprint density at radius 3 is 3.06 bits per heavy atom. The number of hydrogen-bond donors (Lipinski definition) is 0. The number of fused-ring (bicyclic) bond motifs is 1. The smallest absolute Gasteiger partial charge is 0.286 e. The van der Waals surface area contributed by atoms with E-state index in [9.17, 15) is 4.79 Å². The van der Waals surface area contributed by atoms with Crippen LogP contribution in [-0.4, -0.2) is 31.2 Å². The van der Waals surface area contributed by atoms with Gasteiger partial charge in [0.25, 0.3) is 5.91 Å². The monoisotopic (exact) mass is 299 g/mol. The van der Waals surface area contributed by atoms with Crippen LogP contribution in [0.5, 0.6) is 5.75 Å². The average molecular weight is 300 g/mol. The summed E-state index contributed by atoms with van der Waals surface area (Å²) in [4.78, 5) is 16.7. The highest BCUT2D eigenvalue weighted by Crippen LogP contribution is 2.30. The zero-order valence-corrected chi connectivity index (χ0v) is 11.4. The van der Waals surface area contributed by atoms with Crippen molar-refractivity contribution < 1.29 is 14.4 Å². The molecule has 0 N–H and O–H groups in total. The molecule has 0 spiro atoms. The van der Waals surface area contributed by atoms with Crippen molar-refractivity contribution in [2.24, 2.45) is 0 Å². The van der Waals surface area contributed by atoms with Crippen molar-refractivity contribution in [3.8, 4) is 5.75 Å². The Hall–Kier alpha value is -1.07. The molecule has 5 heteroatoms. The van der Waals surface area contributed by atoms with E-state index in [4.69, 9.17) is 9.57 Å². The van der Waals surface area contributed by atoms with E-state index in [0.717, 1.165) is 22.2 Å². The second kappa shape index (κ2) is 5.06. The molecule has 92 valence electrons. The Balaban J connectivity index is 2.13. The van der Waals surface area contributed by atoms with Crippen LogP contribution in [-0.2, 0) is 16.1 Å². The molecule has 1 amide bonds. The Labute approximate surface area is 109 Å². The average Bonchev–Trinajstić information content (AvgIpc) is 2.36. The number of amides is 1. The number of ether oxygens (including phenoxy) is 1. The van der Waals surface area contributed by atoms with Crippen LogP contribution in [0.15, 0.2) is 22.7 Å². The predicted molar refractivity (Wildman–Crippen MR) is 66.7 cm³/mol. The third kappa shape index (κ3) is 2.61. The quantitative estimate of drug-likeness (QED) is 0.786. The largest absolute Gasteiger partial charge is 0.480 e.